The molecule has 0 bridgehead atoms. The van der Waals surface area contributed by atoms with E-state index in [0.29, 0.717) is 0 Å². The highest BCUT2D eigenvalue weighted by Crippen LogP contribution is 2.33. The average Bonchev–Trinajstić information content (AvgIpc) is 2.29. The molecule has 2 heteroatoms. The Balaban J connectivity index is 2.28. The van der Waals surface area contributed by atoms with Crippen LogP contribution in [0.1, 0.15) is 11.3 Å². The Hall–Kier alpha value is -1.83. The van der Waals surface area contributed by atoms with Crippen LogP contribution < -0.4 is 5.73 Å². The molecule has 0 saturated heterocycles. The number of benzene rings is 1. The molecule has 0 radical (unpaired) electrons. The Labute approximate surface area is 88.8 Å². The van der Waals surface area contributed by atoms with Crippen molar-refractivity contribution >= 4 is 5.69 Å². The summed E-state index contributed by atoms with van der Waals surface area (Å²) in [6.45, 7) is 0. The number of nitrogen functional groups attached to an aromatic ring is 1. The van der Waals surface area contributed by atoms with Crippen LogP contribution in [0.3, 0.4) is 0 Å². The van der Waals surface area contributed by atoms with E-state index in [1.54, 1.807) is 0 Å². The highest BCUT2D eigenvalue weighted by molar-refractivity contribution is 5.74. The minimum absolute atomic E-state index is 0.824. The zero-order valence-corrected chi connectivity index (χ0v) is 8.40. The molecule has 0 fully saturated rings. The largest absolute Gasteiger partial charge is 0.399 e. The second kappa shape index (κ2) is 3.09. The lowest BCUT2D eigenvalue weighted by atomic mass is 9.88. The van der Waals surface area contributed by atoms with Gasteiger partial charge in [0.25, 0.3) is 0 Å². The Bertz CT molecular complexity index is 518. The third-order valence-electron chi connectivity index (χ3n) is 2.95. The van der Waals surface area contributed by atoms with Gasteiger partial charge in [0.2, 0.25) is 0 Å². The normalized spacial score (nSPS) is 13.1. The van der Waals surface area contributed by atoms with Gasteiger partial charge < -0.3 is 5.73 Å². The summed E-state index contributed by atoms with van der Waals surface area (Å²) in [5, 5.41) is 0. The smallest absolute Gasteiger partial charge is 0.0485 e. The number of rotatable bonds is 0. The average molecular weight is 196 g/mol. The van der Waals surface area contributed by atoms with Crippen LogP contribution in [0.2, 0.25) is 0 Å². The van der Waals surface area contributed by atoms with Crippen LogP contribution in [0.15, 0.2) is 36.5 Å². The molecule has 0 aliphatic heterocycles. The van der Waals surface area contributed by atoms with Gasteiger partial charge in [-0.15, -0.1) is 0 Å². The van der Waals surface area contributed by atoms with E-state index >= 15 is 0 Å². The van der Waals surface area contributed by atoms with Crippen LogP contribution in [0.4, 0.5) is 5.69 Å². The summed E-state index contributed by atoms with van der Waals surface area (Å²) in [6.07, 6.45) is 3.96. The third kappa shape index (κ3) is 1.30. The van der Waals surface area contributed by atoms with Crippen molar-refractivity contribution in [3.8, 4) is 11.1 Å². The maximum absolute atomic E-state index is 5.82. The first-order chi connectivity index (χ1) is 7.34. The second-order valence-electron chi connectivity index (χ2n) is 3.91. The van der Waals surface area contributed by atoms with Gasteiger partial charge in [0.15, 0.2) is 0 Å². The van der Waals surface area contributed by atoms with Gasteiger partial charge in [0, 0.05) is 23.1 Å². The summed E-state index contributed by atoms with van der Waals surface area (Å²) in [5.41, 5.74) is 11.7. The van der Waals surface area contributed by atoms with Gasteiger partial charge in [0.1, 0.15) is 0 Å². The summed E-state index contributed by atoms with van der Waals surface area (Å²) >= 11 is 0. The van der Waals surface area contributed by atoms with Crippen LogP contribution in [0.5, 0.6) is 0 Å². The molecule has 1 aliphatic rings. The molecule has 1 aromatic heterocycles. The molecule has 15 heavy (non-hydrogen) atoms. The van der Waals surface area contributed by atoms with Crippen molar-refractivity contribution in [2.45, 2.75) is 12.8 Å². The number of fused-ring (bicyclic) bond motifs is 3. The summed E-state index contributed by atoms with van der Waals surface area (Å²) in [7, 11) is 0. The molecule has 0 unspecified atom stereocenters. The van der Waals surface area contributed by atoms with E-state index in [1.807, 2.05) is 18.3 Å². The van der Waals surface area contributed by atoms with E-state index in [1.165, 1.54) is 22.4 Å². The fourth-order valence-electron chi connectivity index (χ4n) is 2.20. The van der Waals surface area contributed by atoms with Gasteiger partial charge in [-0.2, -0.15) is 0 Å². The Morgan fingerprint density at radius 2 is 2.00 bits per heavy atom. The van der Waals surface area contributed by atoms with Crippen LogP contribution >= 0.6 is 0 Å². The number of nitrogens with two attached hydrogens (primary N) is 1. The Kier molecular flexibility index (Phi) is 1.75. The van der Waals surface area contributed by atoms with E-state index in [0.717, 1.165) is 18.5 Å². The lowest BCUT2D eigenvalue weighted by Gasteiger charge is -2.18. The molecule has 2 aromatic rings. The number of aromatic nitrogens is 1. The molecule has 0 saturated carbocycles. The molecular weight excluding hydrogens is 184 g/mol. The van der Waals surface area contributed by atoms with Gasteiger partial charge in [-0.25, -0.2) is 0 Å². The van der Waals surface area contributed by atoms with Crippen LogP contribution in [0, 0.1) is 0 Å². The van der Waals surface area contributed by atoms with Crippen LogP contribution in [-0.4, -0.2) is 4.98 Å². The fourth-order valence-corrected chi connectivity index (χ4v) is 2.20. The monoisotopic (exact) mass is 196 g/mol. The maximum Gasteiger partial charge on any atom is 0.0485 e. The van der Waals surface area contributed by atoms with Gasteiger partial charge in [-0.1, -0.05) is 12.1 Å². The lowest BCUT2D eigenvalue weighted by molar-refractivity contribution is 0.896. The minimum Gasteiger partial charge on any atom is -0.399 e. The quantitative estimate of drug-likeness (QED) is 0.657. The van der Waals surface area contributed by atoms with E-state index in [-0.39, 0.29) is 0 Å². The van der Waals surface area contributed by atoms with Gasteiger partial charge in [-0.3, -0.25) is 4.98 Å². The molecule has 2 N–H and O–H groups in total. The van der Waals surface area contributed by atoms with Gasteiger partial charge in [0.05, 0.1) is 0 Å². The summed E-state index contributed by atoms with van der Waals surface area (Å²) in [6, 6.07) is 10.3. The molecule has 0 atom stereocenters. The highest BCUT2D eigenvalue weighted by atomic mass is 14.7. The zero-order valence-electron chi connectivity index (χ0n) is 8.40. The molecular formula is C13H12N2. The number of anilines is 1. The van der Waals surface area contributed by atoms with Crippen molar-refractivity contribution in [2.24, 2.45) is 0 Å². The first-order valence-electron chi connectivity index (χ1n) is 5.17. The molecule has 1 heterocycles. The number of hydrogen-bond acceptors (Lipinski definition) is 2. The topological polar surface area (TPSA) is 38.9 Å². The molecule has 2 nitrogen and oxygen atoms in total. The summed E-state index contributed by atoms with van der Waals surface area (Å²) < 4.78 is 0. The Morgan fingerprint density at radius 1 is 1.07 bits per heavy atom. The van der Waals surface area contributed by atoms with E-state index < -0.39 is 0 Å². The highest BCUT2D eigenvalue weighted by Gasteiger charge is 2.16. The summed E-state index contributed by atoms with van der Waals surface area (Å²) in [5.74, 6) is 0. The van der Waals surface area contributed by atoms with Crippen molar-refractivity contribution in [1.29, 1.82) is 0 Å². The molecule has 3 rings (SSSR count). The molecule has 0 spiro atoms. The summed E-state index contributed by atoms with van der Waals surface area (Å²) in [4.78, 5) is 4.41. The predicted molar refractivity (Wildman–Crippen MR) is 61.5 cm³/mol. The van der Waals surface area contributed by atoms with Crippen molar-refractivity contribution in [3.05, 3.63) is 47.8 Å². The van der Waals surface area contributed by atoms with Gasteiger partial charge in [-0.05, 0) is 42.2 Å². The molecule has 1 aromatic carbocycles. The SMILES string of the molecule is Nc1ccc2c(c1)-c1cccnc1CC2. The number of pyridine rings is 1. The number of hydrogen-bond donors (Lipinski definition) is 1. The standard InChI is InChI=1S/C13H12N2/c14-10-5-3-9-4-6-13-11(12(9)8-10)2-1-7-15-13/h1-3,5,7-8H,4,6,14H2. The lowest BCUT2D eigenvalue weighted by Crippen LogP contribution is -2.06. The van der Waals surface area contributed by atoms with Crippen molar-refractivity contribution in [1.82, 2.24) is 4.98 Å². The third-order valence-corrected chi connectivity index (χ3v) is 2.95. The first kappa shape index (κ1) is 8.48. The Morgan fingerprint density at radius 3 is 2.93 bits per heavy atom. The number of aryl methyl sites for hydroxylation is 2. The van der Waals surface area contributed by atoms with Crippen molar-refractivity contribution in [3.63, 3.8) is 0 Å². The molecule has 74 valence electrons. The van der Waals surface area contributed by atoms with Crippen LogP contribution in [-0.2, 0) is 12.8 Å². The van der Waals surface area contributed by atoms with Gasteiger partial charge >= 0.3 is 0 Å². The van der Waals surface area contributed by atoms with E-state index in [2.05, 4.69) is 23.2 Å². The fraction of sp³-hybridized carbons (Fsp3) is 0.154. The second-order valence-corrected chi connectivity index (χ2v) is 3.91. The predicted octanol–water partition coefficient (Wildman–Crippen LogP) is 2.43. The first-order valence-corrected chi connectivity index (χ1v) is 5.17. The van der Waals surface area contributed by atoms with Crippen molar-refractivity contribution in [2.75, 3.05) is 5.73 Å². The molecule has 1 aliphatic carbocycles. The zero-order chi connectivity index (χ0) is 10.3. The van der Waals surface area contributed by atoms with Crippen LogP contribution in [0.25, 0.3) is 11.1 Å². The van der Waals surface area contributed by atoms with Crippen molar-refractivity contribution < 1.29 is 0 Å². The maximum atomic E-state index is 5.82. The minimum atomic E-state index is 0.824. The number of nitrogens with zero attached hydrogens (tertiary/aromatic N) is 1. The van der Waals surface area contributed by atoms with E-state index in [9.17, 15) is 0 Å². The van der Waals surface area contributed by atoms with E-state index in [4.69, 9.17) is 5.73 Å². The molecule has 0 amide bonds.